The van der Waals surface area contributed by atoms with Crippen molar-refractivity contribution in [1.29, 1.82) is 0 Å². The summed E-state index contributed by atoms with van der Waals surface area (Å²) in [6.07, 6.45) is 2.78. The van der Waals surface area contributed by atoms with Crippen LogP contribution in [0.1, 0.15) is 66.7 Å². The van der Waals surface area contributed by atoms with Crippen LogP contribution in [0.25, 0.3) is 0 Å². The Labute approximate surface area is 211 Å². The maximum Gasteiger partial charge on any atom is 0.325 e. The summed E-state index contributed by atoms with van der Waals surface area (Å²) in [5.74, 6) is -3.31. The van der Waals surface area contributed by atoms with Crippen molar-refractivity contribution in [2.45, 2.75) is 91.0 Å². The number of amides is 5. The molecule has 36 heavy (non-hydrogen) atoms. The number of hydrogen-bond donors (Lipinski definition) is 4. The number of ether oxygens (including phenoxy) is 1. The lowest BCUT2D eigenvalue weighted by Gasteiger charge is -2.35. The Morgan fingerprint density at radius 1 is 1.03 bits per heavy atom. The fraction of sp³-hybridized carbons (Fsp3) is 0.750. The van der Waals surface area contributed by atoms with Crippen molar-refractivity contribution in [3.05, 3.63) is 0 Å². The van der Waals surface area contributed by atoms with Gasteiger partial charge < -0.3 is 31.3 Å². The van der Waals surface area contributed by atoms with E-state index in [1.54, 1.807) is 34.6 Å². The summed E-state index contributed by atoms with van der Waals surface area (Å²) in [6.45, 7) is 8.62. The first kappa shape index (κ1) is 29.1. The molecule has 1 unspecified atom stereocenters. The van der Waals surface area contributed by atoms with Crippen LogP contribution in [0.5, 0.6) is 0 Å². The van der Waals surface area contributed by atoms with Crippen LogP contribution < -0.4 is 21.7 Å². The van der Waals surface area contributed by atoms with Crippen molar-refractivity contribution >= 4 is 35.5 Å². The highest BCUT2D eigenvalue weighted by atomic mass is 16.5. The zero-order chi connectivity index (χ0) is 27.2. The van der Waals surface area contributed by atoms with E-state index in [1.807, 2.05) is 0 Å². The van der Waals surface area contributed by atoms with Crippen LogP contribution in [-0.2, 0) is 28.7 Å². The molecule has 2 fully saturated rings. The molecule has 0 spiro atoms. The molecule has 1 aliphatic carbocycles. The maximum atomic E-state index is 13.5. The average Bonchev–Trinajstić information content (AvgIpc) is 3.44. The molecule has 0 radical (unpaired) electrons. The van der Waals surface area contributed by atoms with E-state index >= 15 is 0 Å². The number of likely N-dealkylation sites (tertiary alicyclic amines) is 1. The molecule has 202 valence electrons. The predicted octanol–water partition coefficient (Wildman–Crippen LogP) is -0.0178. The van der Waals surface area contributed by atoms with Crippen molar-refractivity contribution in [2.24, 2.45) is 17.1 Å². The lowest BCUT2D eigenvalue weighted by atomic mass is 9.85. The Hall–Kier alpha value is -3.18. The van der Waals surface area contributed by atoms with E-state index < -0.39 is 59.0 Å². The summed E-state index contributed by atoms with van der Waals surface area (Å²) < 4.78 is 4.98. The number of Topliss-reactive ketones (excluding diaryl/α,β-unsaturated/α-hetero) is 1. The lowest BCUT2D eigenvalue weighted by molar-refractivity contribution is -0.146. The molecule has 5 amide bonds. The summed E-state index contributed by atoms with van der Waals surface area (Å²) in [4.78, 5) is 75.9. The number of nitrogens with two attached hydrogens (primary N) is 1. The molecule has 2 aliphatic rings. The smallest absolute Gasteiger partial charge is 0.325 e. The van der Waals surface area contributed by atoms with Gasteiger partial charge in [-0.1, -0.05) is 33.6 Å². The van der Waals surface area contributed by atoms with Crippen molar-refractivity contribution < 1.29 is 33.5 Å². The minimum absolute atomic E-state index is 0.255. The van der Waals surface area contributed by atoms with Crippen LogP contribution in [0.3, 0.4) is 0 Å². The maximum absolute atomic E-state index is 13.5. The highest BCUT2D eigenvalue weighted by Gasteiger charge is 2.43. The van der Waals surface area contributed by atoms with E-state index in [0.29, 0.717) is 25.8 Å². The zero-order valence-corrected chi connectivity index (χ0v) is 21.7. The molecule has 2 rings (SSSR count). The third-order valence-electron chi connectivity index (χ3n) is 6.13. The summed E-state index contributed by atoms with van der Waals surface area (Å²) in [6, 6.07) is -3.59. The van der Waals surface area contributed by atoms with Crippen molar-refractivity contribution in [3.63, 3.8) is 0 Å². The molecule has 5 N–H and O–H groups in total. The minimum Gasteiger partial charge on any atom is -0.462 e. The number of primary amides is 1. The first-order chi connectivity index (χ1) is 16.7. The van der Waals surface area contributed by atoms with Gasteiger partial charge in [-0.05, 0) is 44.4 Å². The molecule has 0 aromatic rings. The Kier molecular flexibility index (Phi) is 9.83. The van der Waals surface area contributed by atoms with Gasteiger partial charge in [-0.25, -0.2) is 4.79 Å². The Morgan fingerprint density at radius 2 is 1.67 bits per heavy atom. The molecule has 12 nitrogen and oxygen atoms in total. The van der Waals surface area contributed by atoms with Crippen molar-refractivity contribution in [1.82, 2.24) is 20.9 Å². The van der Waals surface area contributed by atoms with E-state index in [2.05, 4.69) is 16.0 Å². The van der Waals surface area contributed by atoms with Crippen LogP contribution in [0.4, 0.5) is 4.79 Å². The Bertz CT molecular complexity index is 879. The quantitative estimate of drug-likeness (QED) is 0.223. The fourth-order valence-corrected chi connectivity index (χ4v) is 4.11. The van der Waals surface area contributed by atoms with Crippen LogP contribution in [-0.4, -0.2) is 77.7 Å². The second-order valence-corrected chi connectivity index (χ2v) is 10.8. The van der Waals surface area contributed by atoms with Gasteiger partial charge in [0.05, 0.1) is 12.1 Å². The molecular weight excluding hydrogens is 470 g/mol. The molecule has 0 aromatic heterocycles. The van der Waals surface area contributed by atoms with Crippen molar-refractivity contribution in [3.8, 4) is 0 Å². The van der Waals surface area contributed by atoms with Crippen LogP contribution >= 0.6 is 0 Å². The summed E-state index contributed by atoms with van der Waals surface area (Å²) in [5.41, 5.74) is 4.44. The van der Waals surface area contributed by atoms with Gasteiger partial charge in [-0.3, -0.25) is 24.0 Å². The molecule has 1 saturated carbocycles. The van der Waals surface area contributed by atoms with Gasteiger partial charge in [0.25, 0.3) is 5.91 Å². The molecule has 0 bridgehead atoms. The van der Waals surface area contributed by atoms with E-state index in [9.17, 15) is 28.8 Å². The third kappa shape index (κ3) is 8.49. The number of carbonyl (C=O) groups excluding carboxylic acids is 6. The summed E-state index contributed by atoms with van der Waals surface area (Å²) in [5, 5.41) is 7.63. The monoisotopic (exact) mass is 509 g/mol. The van der Waals surface area contributed by atoms with Gasteiger partial charge >= 0.3 is 12.0 Å². The number of nitrogens with one attached hydrogen (secondary N) is 3. The van der Waals surface area contributed by atoms with Crippen molar-refractivity contribution in [2.75, 3.05) is 13.1 Å². The first-order valence-corrected chi connectivity index (χ1v) is 12.4. The molecule has 12 heteroatoms. The summed E-state index contributed by atoms with van der Waals surface area (Å²) >= 11 is 0. The number of urea groups is 1. The average molecular weight is 510 g/mol. The number of nitrogens with zero attached hydrogens (tertiary/aromatic N) is 1. The van der Waals surface area contributed by atoms with E-state index in [4.69, 9.17) is 10.5 Å². The van der Waals surface area contributed by atoms with Gasteiger partial charge in [0, 0.05) is 6.54 Å². The normalized spacial score (nSPS) is 19.3. The number of esters is 1. The van der Waals surface area contributed by atoms with E-state index in [1.165, 1.54) is 4.90 Å². The van der Waals surface area contributed by atoms with Gasteiger partial charge in [-0.2, -0.15) is 0 Å². The van der Waals surface area contributed by atoms with Gasteiger partial charge in [0.2, 0.25) is 17.6 Å². The zero-order valence-electron chi connectivity index (χ0n) is 21.7. The molecular formula is C24H39N5O7. The number of carbonyl (C=O) groups is 6. The molecule has 1 heterocycles. The SMILES string of the molecule is CC(C)OC(=O)CNC(=O)N[C@H](C(=O)N1CCC[C@H]1C(=O)NC(CC1CC1)C(=O)C(N)=O)C(C)(C)C. The lowest BCUT2D eigenvalue weighted by Crippen LogP contribution is -2.60. The number of hydrogen-bond acceptors (Lipinski definition) is 7. The molecule has 0 aromatic carbocycles. The topological polar surface area (TPSA) is 177 Å². The standard InChI is InChI=1S/C24H39N5O7/c1-13(2)36-17(30)12-26-23(35)28-19(24(3,4)5)22(34)29-10-6-7-16(29)21(33)27-15(11-14-8-9-14)18(31)20(25)32/h13-16,19H,6-12H2,1-5H3,(H2,25,32)(H,27,33)(H2,26,28,35)/t15?,16-,19+/m0/s1. The highest BCUT2D eigenvalue weighted by molar-refractivity contribution is 6.37. The number of ketones is 1. The first-order valence-electron chi connectivity index (χ1n) is 12.4. The minimum atomic E-state index is -1.11. The van der Waals surface area contributed by atoms with Crippen LogP contribution in [0.2, 0.25) is 0 Å². The predicted molar refractivity (Wildman–Crippen MR) is 129 cm³/mol. The van der Waals surface area contributed by atoms with Gasteiger partial charge in [0.1, 0.15) is 18.6 Å². The second-order valence-electron chi connectivity index (χ2n) is 10.8. The highest BCUT2D eigenvalue weighted by Crippen LogP contribution is 2.34. The van der Waals surface area contributed by atoms with E-state index in [0.717, 1.165) is 12.8 Å². The van der Waals surface area contributed by atoms with Gasteiger partial charge in [0.15, 0.2) is 0 Å². The largest absolute Gasteiger partial charge is 0.462 e. The fourth-order valence-electron chi connectivity index (χ4n) is 4.11. The van der Waals surface area contributed by atoms with Crippen LogP contribution in [0.15, 0.2) is 0 Å². The Balaban J connectivity index is 2.08. The van der Waals surface area contributed by atoms with Crippen LogP contribution in [0, 0.1) is 11.3 Å². The molecule has 1 saturated heterocycles. The second kappa shape index (κ2) is 12.2. The molecule has 1 aliphatic heterocycles. The molecule has 3 atom stereocenters. The number of rotatable bonds is 11. The Morgan fingerprint density at radius 3 is 2.19 bits per heavy atom. The third-order valence-corrected chi connectivity index (χ3v) is 6.13. The van der Waals surface area contributed by atoms with Gasteiger partial charge in [-0.15, -0.1) is 0 Å². The van der Waals surface area contributed by atoms with E-state index in [-0.39, 0.29) is 18.6 Å². The summed E-state index contributed by atoms with van der Waals surface area (Å²) in [7, 11) is 0.